The van der Waals surface area contributed by atoms with E-state index in [0.29, 0.717) is 5.03 Å². The van der Waals surface area contributed by atoms with Gasteiger partial charge in [0.15, 0.2) is 0 Å². The van der Waals surface area contributed by atoms with Crippen molar-refractivity contribution in [3.8, 4) is 0 Å². The first-order chi connectivity index (χ1) is 9.41. The van der Waals surface area contributed by atoms with Gasteiger partial charge in [0.1, 0.15) is 6.04 Å². The Morgan fingerprint density at radius 3 is 2.60 bits per heavy atom. The van der Waals surface area contributed by atoms with Gasteiger partial charge in [-0.25, -0.2) is 4.72 Å². The number of carbonyl (C=O) groups is 1. The Kier molecular flexibility index (Phi) is 9.67. The topological polar surface area (TPSA) is 75.3 Å². The number of hydrogen-bond donors (Lipinski definition) is 3. The van der Waals surface area contributed by atoms with Gasteiger partial charge in [-0.05, 0) is 30.0 Å². The molecule has 2 unspecified atom stereocenters. The van der Waals surface area contributed by atoms with Crippen LogP contribution in [0.4, 0.5) is 0 Å². The molecule has 0 heterocycles. The molecule has 0 saturated heterocycles. The maximum absolute atomic E-state index is 11.0. The van der Waals surface area contributed by atoms with Gasteiger partial charge in [-0.2, -0.15) is 0 Å². The molecule has 1 rings (SSSR count). The highest BCUT2D eigenvalue weighted by atomic mass is 35.5. The van der Waals surface area contributed by atoms with E-state index in [1.807, 2.05) is 39.8 Å². The lowest BCUT2D eigenvalue weighted by atomic mass is 10.1. The second kappa shape index (κ2) is 10.0. The summed E-state index contributed by atoms with van der Waals surface area (Å²) in [4.78, 5) is 11.9. The molecule has 0 aromatic carbocycles. The Labute approximate surface area is 130 Å². The average Bonchev–Trinajstić information content (AvgIpc) is 2.54. The number of rotatable bonds is 5. The number of carboxylic acid groups (broad SMARTS) is 1. The van der Waals surface area contributed by atoms with Crippen LogP contribution in [0.1, 0.15) is 27.7 Å². The second-order valence-corrected chi connectivity index (χ2v) is 5.64. The van der Waals surface area contributed by atoms with Gasteiger partial charge >= 0.3 is 5.97 Å². The van der Waals surface area contributed by atoms with Crippen LogP contribution >= 0.6 is 23.5 Å². The van der Waals surface area contributed by atoms with Crippen LogP contribution in [0.2, 0.25) is 0 Å². The van der Waals surface area contributed by atoms with Crippen LogP contribution in [0.25, 0.3) is 0 Å². The molecule has 0 fully saturated rings. The van der Waals surface area contributed by atoms with Crippen LogP contribution < -0.4 is 10.5 Å². The highest BCUT2D eigenvalue weighted by Gasteiger charge is 2.21. The largest absolute Gasteiger partial charge is 0.480 e. The zero-order valence-corrected chi connectivity index (χ0v) is 13.8. The molecule has 0 saturated carbocycles. The van der Waals surface area contributed by atoms with Gasteiger partial charge < -0.3 is 10.8 Å². The van der Waals surface area contributed by atoms with E-state index >= 15 is 0 Å². The molecule has 114 valence electrons. The second-order valence-electron chi connectivity index (χ2n) is 4.29. The zero-order valence-electron chi connectivity index (χ0n) is 12.3. The number of aliphatic carboxylic acids is 1. The quantitative estimate of drug-likeness (QED) is 0.678. The van der Waals surface area contributed by atoms with Gasteiger partial charge in [-0.15, -0.1) is 0 Å². The Bertz CT molecular complexity index is 406. The van der Waals surface area contributed by atoms with E-state index in [-0.39, 0.29) is 12.0 Å². The monoisotopic (exact) mass is 318 g/mol. The van der Waals surface area contributed by atoms with Crippen LogP contribution in [0, 0.1) is 5.92 Å². The first-order valence-electron chi connectivity index (χ1n) is 6.58. The van der Waals surface area contributed by atoms with E-state index in [1.54, 1.807) is 12.2 Å². The molecule has 0 amide bonds. The zero-order chi connectivity index (χ0) is 15.7. The molecule has 0 aliphatic heterocycles. The van der Waals surface area contributed by atoms with Crippen molar-refractivity contribution in [2.45, 2.75) is 39.8 Å². The van der Waals surface area contributed by atoms with Gasteiger partial charge in [-0.1, -0.05) is 51.4 Å². The summed E-state index contributed by atoms with van der Waals surface area (Å²) < 4.78 is 2.92. The minimum absolute atomic E-state index is 0.00127. The molecule has 1 aliphatic rings. The molecule has 0 aromatic rings. The normalized spacial score (nSPS) is 19.4. The van der Waals surface area contributed by atoms with Crippen LogP contribution in [0.5, 0.6) is 0 Å². The Hall–Kier alpha value is -0.750. The van der Waals surface area contributed by atoms with Crippen LogP contribution in [-0.4, -0.2) is 23.2 Å². The predicted molar refractivity (Wildman–Crippen MR) is 87.5 cm³/mol. The maximum atomic E-state index is 11.0. The Balaban J connectivity index is 0.00000172. The summed E-state index contributed by atoms with van der Waals surface area (Å²) >= 11 is 7.24. The molecular formula is C14H23ClN2O2S. The number of nitrogens with two attached hydrogens (primary N) is 1. The predicted octanol–water partition coefficient (Wildman–Crippen LogP) is 3.26. The SMILES string of the molecule is CC.CC(C)C(NSC1=CC=CC(N)C(Cl)=C1)C(=O)O. The van der Waals surface area contributed by atoms with E-state index in [0.717, 1.165) is 4.91 Å². The van der Waals surface area contributed by atoms with E-state index < -0.39 is 12.0 Å². The van der Waals surface area contributed by atoms with Gasteiger partial charge in [-0.3, -0.25) is 4.79 Å². The number of hydrogen-bond acceptors (Lipinski definition) is 4. The highest BCUT2D eigenvalue weighted by molar-refractivity contribution is 8.01. The van der Waals surface area contributed by atoms with Gasteiger partial charge in [0.2, 0.25) is 0 Å². The van der Waals surface area contributed by atoms with Gasteiger partial charge in [0, 0.05) is 9.94 Å². The Morgan fingerprint density at radius 2 is 2.10 bits per heavy atom. The summed E-state index contributed by atoms with van der Waals surface area (Å²) in [7, 11) is 0. The molecule has 0 radical (unpaired) electrons. The third-order valence-electron chi connectivity index (χ3n) is 2.41. The summed E-state index contributed by atoms with van der Waals surface area (Å²) in [6.45, 7) is 7.71. The van der Waals surface area contributed by atoms with Crippen molar-refractivity contribution in [2.24, 2.45) is 11.7 Å². The lowest BCUT2D eigenvalue weighted by Gasteiger charge is -2.17. The van der Waals surface area contributed by atoms with E-state index in [9.17, 15) is 4.79 Å². The fourth-order valence-electron chi connectivity index (χ4n) is 1.31. The van der Waals surface area contributed by atoms with E-state index in [2.05, 4.69) is 4.72 Å². The standard InChI is InChI=1S/C12H17ClN2O2S.C2H6/c1-7(2)11(12(16)17)15-18-8-4-3-5-10(14)9(13)6-8;1-2/h3-7,10-11,15H,14H2,1-2H3,(H,16,17);1-2H3. The summed E-state index contributed by atoms with van der Waals surface area (Å²) in [5.74, 6) is -0.868. The molecule has 4 N–H and O–H groups in total. The van der Waals surface area contributed by atoms with Crippen LogP contribution in [-0.2, 0) is 4.79 Å². The van der Waals surface area contributed by atoms with Crippen molar-refractivity contribution in [3.63, 3.8) is 0 Å². The molecule has 20 heavy (non-hydrogen) atoms. The summed E-state index contributed by atoms with van der Waals surface area (Å²) in [6, 6.07) is -0.912. The van der Waals surface area contributed by atoms with Gasteiger partial charge in [0.05, 0.1) is 6.04 Å². The van der Waals surface area contributed by atoms with Crippen molar-refractivity contribution < 1.29 is 9.90 Å². The van der Waals surface area contributed by atoms with E-state index in [1.165, 1.54) is 11.9 Å². The summed E-state index contributed by atoms with van der Waals surface area (Å²) in [6.07, 6.45) is 7.17. The van der Waals surface area contributed by atoms with Crippen LogP contribution in [0.3, 0.4) is 0 Å². The molecule has 0 spiro atoms. The molecule has 2 atom stereocenters. The van der Waals surface area contributed by atoms with Crippen molar-refractivity contribution in [3.05, 3.63) is 34.2 Å². The first kappa shape index (κ1) is 19.2. The maximum Gasteiger partial charge on any atom is 0.321 e. The minimum atomic E-state index is -0.867. The van der Waals surface area contributed by atoms with Gasteiger partial charge in [0.25, 0.3) is 0 Å². The molecule has 0 bridgehead atoms. The number of allylic oxidation sites excluding steroid dienone is 3. The molecular weight excluding hydrogens is 296 g/mol. The minimum Gasteiger partial charge on any atom is -0.480 e. The summed E-state index contributed by atoms with van der Waals surface area (Å²) in [5.41, 5.74) is 5.75. The smallest absolute Gasteiger partial charge is 0.321 e. The fourth-order valence-corrected chi connectivity index (χ4v) is 2.53. The number of carboxylic acids is 1. The van der Waals surface area contributed by atoms with E-state index in [4.69, 9.17) is 22.4 Å². The van der Waals surface area contributed by atoms with Crippen molar-refractivity contribution in [1.29, 1.82) is 0 Å². The molecule has 1 aliphatic carbocycles. The third kappa shape index (κ3) is 6.61. The third-order valence-corrected chi connectivity index (χ3v) is 3.64. The van der Waals surface area contributed by atoms with Crippen LogP contribution in [0.15, 0.2) is 34.2 Å². The molecule has 6 heteroatoms. The lowest BCUT2D eigenvalue weighted by Crippen LogP contribution is -2.36. The van der Waals surface area contributed by atoms with Crippen molar-refractivity contribution in [1.82, 2.24) is 4.72 Å². The number of halogens is 1. The van der Waals surface area contributed by atoms with Crippen molar-refractivity contribution >= 4 is 29.5 Å². The molecule has 4 nitrogen and oxygen atoms in total. The average molecular weight is 319 g/mol. The molecule has 0 aromatic heterocycles. The first-order valence-corrected chi connectivity index (χ1v) is 7.77. The fraction of sp³-hybridized carbons (Fsp3) is 0.500. The Morgan fingerprint density at radius 1 is 1.50 bits per heavy atom. The van der Waals surface area contributed by atoms with Crippen molar-refractivity contribution in [2.75, 3.05) is 0 Å². The number of nitrogens with one attached hydrogen (secondary N) is 1. The summed E-state index contributed by atoms with van der Waals surface area (Å²) in [5, 5.41) is 9.58. The highest BCUT2D eigenvalue weighted by Crippen LogP contribution is 2.23. The lowest BCUT2D eigenvalue weighted by molar-refractivity contribution is -0.139.